The first kappa shape index (κ1) is 23.5. The summed E-state index contributed by atoms with van der Waals surface area (Å²) in [7, 11) is 0. The number of fused-ring (bicyclic) bond motifs is 1. The van der Waals surface area contributed by atoms with E-state index < -0.39 is 6.04 Å². The zero-order valence-electron chi connectivity index (χ0n) is 20.8. The number of hydrogen-bond acceptors (Lipinski definition) is 6. The molecule has 0 aliphatic carbocycles. The lowest BCUT2D eigenvalue weighted by Crippen LogP contribution is -2.61. The first-order valence-electron chi connectivity index (χ1n) is 13.4. The lowest BCUT2D eigenvalue weighted by molar-refractivity contribution is -0.137. The molecule has 4 amide bonds. The standard InChI is InChI=1S/C27H35N5O4/c33-23-7-6-22(25(35)28-23)32-15-19-14-20(4-5-21(19)26(32)36)31-17-27(18-31)8-12-30(13-9-27)24(34)16-29-10-2-1-3-11-29/h4-5,14,22H,1-3,6-13,15-18H2,(H,28,33,35). The molecule has 0 radical (unpaired) electrons. The minimum atomic E-state index is -0.582. The third kappa shape index (κ3) is 4.27. The minimum absolute atomic E-state index is 0.132. The van der Waals surface area contributed by atoms with Crippen LogP contribution in [0.15, 0.2) is 18.2 Å². The first-order chi connectivity index (χ1) is 17.4. The molecule has 1 unspecified atom stereocenters. The van der Waals surface area contributed by atoms with Crippen molar-refractivity contribution in [1.82, 2.24) is 20.0 Å². The van der Waals surface area contributed by atoms with Crippen molar-refractivity contribution in [3.05, 3.63) is 29.3 Å². The van der Waals surface area contributed by atoms with Crippen molar-refractivity contribution in [2.45, 2.75) is 57.5 Å². The number of nitrogens with one attached hydrogen (secondary N) is 1. The van der Waals surface area contributed by atoms with E-state index in [0.29, 0.717) is 25.1 Å². The molecule has 1 atom stereocenters. The van der Waals surface area contributed by atoms with Crippen LogP contribution in [0.2, 0.25) is 0 Å². The van der Waals surface area contributed by atoms with Crippen molar-refractivity contribution in [1.29, 1.82) is 0 Å². The zero-order valence-corrected chi connectivity index (χ0v) is 20.8. The van der Waals surface area contributed by atoms with Crippen molar-refractivity contribution in [2.24, 2.45) is 5.41 Å². The third-order valence-electron chi connectivity index (χ3n) is 8.91. The van der Waals surface area contributed by atoms with E-state index in [1.165, 1.54) is 19.3 Å². The van der Waals surface area contributed by atoms with Gasteiger partial charge in [-0.3, -0.25) is 29.4 Å². The average Bonchev–Trinajstić information content (AvgIpc) is 3.18. The van der Waals surface area contributed by atoms with Gasteiger partial charge < -0.3 is 14.7 Å². The average molecular weight is 494 g/mol. The van der Waals surface area contributed by atoms with Crippen LogP contribution >= 0.6 is 0 Å². The van der Waals surface area contributed by atoms with Crippen molar-refractivity contribution in [2.75, 3.05) is 50.7 Å². The van der Waals surface area contributed by atoms with Gasteiger partial charge in [0.2, 0.25) is 17.7 Å². The Balaban J connectivity index is 1.03. The van der Waals surface area contributed by atoms with Crippen LogP contribution in [-0.4, -0.2) is 90.2 Å². The number of carbonyl (C=O) groups excluding carboxylic acids is 4. The highest BCUT2D eigenvalue weighted by Gasteiger charge is 2.46. The molecule has 1 spiro atoms. The van der Waals surface area contributed by atoms with E-state index in [9.17, 15) is 19.2 Å². The van der Waals surface area contributed by atoms with Gasteiger partial charge in [-0.1, -0.05) is 6.42 Å². The van der Waals surface area contributed by atoms with Crippen LogP contribution in [0.25, 0.3) is 0 Å². The Hall–Kier alpha value is -2.94. The lowest BCUT2D eigenvalue weighted by Gasteiger charge is -2.55. The molecule has 5 aliphatic heterocycles. The van der Waals surface area contributed by atoms with Crippen LogP contribution in [0.3, 0.4) is 0 Å². The van der Waals surface area contributed by atoms with Crippen LogP contribution < -0.4 is 10.2 Å². The maximum Gasteiger partial charge on any atom is 0.255 e. The van der Waals surface area contributed by atoms with Crippen LogP contribution in [0.1, 0.15) is 60.9 Å². The van der Waals surface area contributed by atoms with Crippen molar-refractivity contribution >= 4 is 29.3 Å². The second-order valence-corrected chi connectivity index (χ2v) is 11.3. The highest BCUT2D eigenvalue weighted by Crippen LogP contribution is 2.43. The molecule has 192 valence electrons. The summed E-state index contributed by atoms with van der Waals surface area (Å²) in [4.78, 5) is 57.9. The number of rotatable bonds is 4. The van der Waals surface area contributed by atoms with Gasteiger partial charge in [-0.05, 0) is 69.0 Å². The van der Waals surface area contributed by atoms with E-state index in [2.05, 4.69) is 26.1 Å². The maximum absolute atomic E-state index is 13.0. The number of anilines is 1. The van der Waals surface area contributed by atoms with Gasteiger partial charge in [0.15, 0.2) is 0 Å². The van der Waals surface area contributed by atoms with E-state index >= 15 is 0 Å². The van der Waals surface area contributed by atoms with Gasteiger partial charge in [0, 0.05) is 55.8 Å². The molecule has 6 rings (SSSR count). The smallest absolute Gasteiger partial charge is 0.255 e. The summed E-state index contributed by atoms with van der Waals surface area (Å²) >= 11 is 0. The van der Waals surface area contributed by atoms with Gasteiger partial charge in [0.05, 0.1) is 6.54 Å². The normalized spacial score (nSPS) is 26.2. The second-order valence-electron chi connectivity index (χ2n) is 11.3. The molecule has 36 heavy (non-hydrogen) atoms. The van der Waals surface area contributed by atoms with E-state index in [-0.39, 0.29) is 35.5 Å². The number of imide groups is 1. The molecule has 0 bridgehead atoms. The predicted molar refractivity (Wildman–Crippen MR) is 133 cm³/mol. The number of hydrogen-bond donors (Lipinski definition) is 1. The molecule has 1 N–H and O–H groups in total. The quantitative estimate of drug-likeness (QED) is 0.637. The maximum atomic E-state index is 13.0. The Morgan fingerprint density at radius 3 is 2.47 bits per heavy atom. The summed E-state index contributed by atoms with van der Waals surface area (Å²) in [6.45, 7) is 6.73. The highest BCUT2D eigenvalue weighted by molar-refractivity contribution is 6.05. The molecule has 9 heteroatoms. The monoisotopic (exact) mass is 493 g/mol. The molecule has 0 aromatic heterocycles. The topological polar surface area (TPSA) is 93.3 Å². The molecule has 9 nitrogen and oxygen atoms in total. The summed E-state index contributed by atoms with van der Waals surface area (Å²) in [5.41, 5.74) is 2.98. The SMILES string of the molecule is O=C1CCC(N2Cc3cc(N4CC5(CCN(C(=O)CN6CCCCC6)CC5)C4)ccc3C2=O)C(=O)N1. The summed E-state index contributed by atoms with van der Waals surface area (Å²) < 4.78 is 0. The van der Waals surface area contributed by atoms with Gasteiger partial charge in [-0.25, -0.2) is 0 Å². The van der Waals surface area contributed by atoms with E-state index in [1.807, 2.05) is 12.1 Å². The minimum Gasteiger partial charge on any atom is -0.370 e. The van der Waals surface area contributed by atoms with E-state index in [1.54, 1.807) is 4.90 Å². The van der Waals surface area contributed by atoms with Gasteiger partial charge in [0.25, 0.3) is 5.91 Å². The molecular weight excluding hydrogens is 458 g/mol. The molecule has 5 aliphatic rings. The summed E-state index contributed by atoms with van der Waals surface area (Å²) in [6.07, 6.45) is 6.42. The lowest BCUT2D eigenvalue weighted by atomic mass is 9.71. The van der Waals surface area contributed by atoms with E-state index in [4.69, 9.17) is 0 Å². The van der Waals surface area contributed by atoms with Crippen LogP contribution in [-0.2, 0) is 20.9 Å². The number of piperidine rings is 3. The van der Waals surface area contributed by atoms with Gasteiger partial charge in [-0.2, -0.15) is 0 Å². The fraction of sp³-hybridized carbons (Fsp3) is 0.630. The zero-order chi connectivity index (χ0) is 24.9. The molecular formula is C27H35N5O4. The number of likely N-dealkylation sites (tertiary alicyclic amines) is 2. The van der Waals surface area contributed by atoms with Gasteiger partial charge >= 0.3 is 0 Å². The number of carbonyl (C=O) groups is 4. The Morgan fingerprint density at radius 2 is 1.75 bits per heavy atom. The first-order valence-corrected chi connectivity index (χ1v) is 13.4. The number of amides is 4. The Kier molecular flexibility index (Phi) is 5.98. The van der Waals surface area contributed by atoms with Crippen molar-refractivity contribution in [3.8, 4) is 0 Å². The van der Waals surface area contributed by atoms with Crippen LogP contribution in [0, 0.1) is 5.41 Å². The Morgan fingerprint density at radius 1 is 1.00 bits per heavy atom. The van der Waals surface area contributed by atoms with Crippen molar-refractivity contribution < 1.29 is 19.2 Å². The Bertz CT molecular complexity index is 1080. The van der Waals surface area contributed by atoms with Gasteiger partial charge in [0.1, 0.15) is 6.04 Å². The molecule has 1 aromatic rings. The van der Waals surface area contributed by atoms with Gasteiger partial charge in [-0.15, -0.1) is 0 Å². The fourth-order valence-corrected chi connectivity index (χ4v) is 6.66. The second kappa shape index (κ2) is 9.18. The molecule has 0 saturated carbocycles. The van der Waals surface area contributed by atoms with Crippen LogP contribution in [0.4, 0.5) is 5.69 Å². The van der Waals surface area contributed by atoms with E-state index in [0.717, 1.165) is 63.4 Å². The predicted octanol–water partition coefficient (Wildman–Crippen LogP) is 1.36. The molecule has 5 heterocycles. The summed E-state index contributed by atoms with van der Waals surface area (Å²) in [5, 5.41) is 2.36. The summed E-state index contributed by atoms with van der Waals surface area (Å²) in [5.74, 6) is -0.496. The fourth-order valence-electron chi connectivity index (χ4n) is 6.66. The molecule has 4 saturated heterocycles. The van der Waals surface area contributed by atoms with Crippen molar-refractivity contribution in [3.63, 3.8) is 0 Å². The largest absolute Gasteiger partial charge is 0.370 e. The molecule has 1 aromatic carbocycles. The number of benzene rings is 1. The third-order valence-corrected chi connectivity index (χ3v) is 8.91. The molecule has 4 fully saturated rings. The number of nitrogens with zero attached hydrogens (tertiary/aromatic N) is 4. The van der Waals surface area contributed by atoms with Crippen LogP contribution in [0.5, 0.6) is 0 Å². The highest BCUT2D eigenvalue weighted by atomic mass is 16.2. The summed E-state index contributed by atoms with van der Waals surface area (Å²) in [6, 6.07) is 5.39. The Labute approximate surface area is 211 Å².